The minimum Gasteiger partial charge on any atom is -0.491 e. The van der Waals surface area contributed by atoms with Gasteiger partial charge in [-0.2, -0.15) is 0 Å². The molecule has 7 nitrogen and oxygen atoms in total. The van der Waals surface area contributed by atoms with Gasteiger partial charge in [-0.1, -0.05) is 0 Å². The third-order valence-corrected chi connectivity index (χ3v) is 4.88. The predicted molar refractivity (Wildman–Crippen MR) is 92.1 cm³/mol. The van der Waals surface area contributed by atoms with Gasteiger partial charge in [-0.05, 0) is 36.4 Å². The van der Waals surface area contributed by atoms with Crippen molar-refractivity contribution in [2.24, 2.45) is 0 Å². The van der Waals surface area contributed by atoms with Gasteiger partial charge in [0.1, 0.15) is 25.6 Å². The fourth-order valence-corrected chi connectivity index (χ4v) is 3.33. The zero-order chi connectivity index (χ0) is 17.7. The summed E-state index contributed by atoms with van der Waals surface area (Å²) in [6, 6.07) is 11.1. The first-order valence-corrected chi connectivity index (χ1v) is 9.21. The summed E-state index contributed by atoms with van der Waals surface area (Å²) in [6.07, 6.45) is 0. The maximum Gasteiger partial charge on any atom is 0.261 e. The molecule has 0 atom stereocenters. The normalized spacial score (nSPS) is 13.3. The van der Waals surface area contributed by atoms with E-state index in [1.165, 1.54) is 12.1 Å². The van der Waals surface area contributed by atoms with E-state index in [0.29, 0.717) is 49.4 Å². The second-order valence-corrected chi connectivity index (χ2v) is 6.96. The van der Waals surface area contributed by atoms with E-state index in [4.69, 9.17) is 18.9 Å². The third-order valence-electron chi connectivity index (χ3n) is 3.48. The maximum atomic E-state index is 12.5. The van der Waals surface area contributed by atoms with E-state index >= 15 is 0 Å². The highest BCUT2D eigenvalue weighted by Crippen LogP contribution is 2.33. The topological polar surface area (TPSA) is 83.1 Å². The molecule has 1 aliphatic heterocycles. The lowest BCUT2D eigenvalue weighted by atomic mass is 10.3. The molecule has 0 saturated heterocycles. The van der Waals surface area contributed by atoms with Gasteiger partial charge in [0.15, 0.2) is 11.5 Å². The van der Waals surface area contributed by atoms with Gasteiger partial charge in [0.25, 0.3) is 10.0 Å². The first-order chi connectivity index (χ1) is 12.1. The van der Waals surface area contributed by atoms with Crippen molar-refractivity contribution in [2.75, 3.05) is 38.3 Å². The van der Waals surface area contributed by atoms with Crippen molar-refractivity contribution in [3.8, 4) is 17.2 Å². The number of methoxy groups -OCH3 is 1. The summed E-state index contributed by atoms with van der Waals surface area (Å²) in [4.78, 5) is 0.140. The van der Waals surface area contributed by atoms with Crippen LogP contribution in [0.5, 0.6) is 17.2 Å². The average molecular weight is 365 g/mol. The van der Waals surface area contributed by atoms with Crippen molar-refractivity contribution in [3.05, 3.63) is 42.5 Å². The molecule has 0 aliphatic carbocycles. The molecule has 0 fully saturated rings. The largest absolute Gasteiger partial charge is 0.491 e. The summed E-state index contributed by atoms with van der Waals surface area (Å²) >= 11 is 0. The molecular formula is C17H19NO6S. The Morgan fingerprint density at radius 3 is 2.44 bits per heavy atom. The predicted octanol–water partition coefficient (Wildman–Crippen LogP) is 2.28. The van der Waals surface area contributed by atoms with Crippen molar-refractivity contribution in [2.45, 2.75) is 4.90 Å². The maximum absolute atomic E-state index is 12.5. The van der Waals surface area contributed by atoms with Crippen LogP contribution in [0.1, 0.15) is 0 Å². The summed E-state index contributed by atoms with van der Waals surface area (Å²) in [5.41, 5.74) is 0.407. The van der Waals surface area contributed by atoms with Crippen LogP contribution in [-0.4, -0.2) is 42.0 Å². The first-order valence-electron chi connectivity index (χ1n) is 7.73. The molecule has 134 valence electrons. The number of rotatable bonds is 7. The Kier molecular flexibility index (Phi) is 5.30. The molecule has 0 bridgehead atoms. The molecule has 0 aromatic heterocycles. The Bertz CT molecular complexity index is 820. The van der Waals surface area contributed by atoms with Crippen LogP contribution in [0.2, 0.25) is 0 Å². The van der Waals surface area contributed by atoms with Crippen molar-refractivity contribution in [1.82, 2.24) is 0 Å². The van der Waals surface area contributed by atoms with Crippen molar-refractivity contribution in [1.29, 1.82) is 0 Å². The van der Waals surface area contributed by atoms with Gasteiger partial charge in [-0.25, -0.2) is 8.42 Å². The van der Waals surface area contributed by atoms with Crippen LogP contribution in [0.4, 0.5) is 5.69 Å². The Morgan fingerprint density at radius 2 is 1.72 bits per heavy atom. The number of nitrogens with one attached hydrogen (secondary N) is 1. The molecule has 0 saturated carbocycles. The zero-order valence-electron chi connectivity index (χ0n) is 13.7. The van der Waals surface area contributed by atoms with E-state index in [9.17, 15) is 8.42 Å². The molecule has 2 aromatic rings. The Morgan fingerprint density at radius 1 is 1.00 bits per heavy atom. The highest BCUT2D eigenvalue weighted by Gasteiger charge is 2.17. The van der Waals surface area contributed by atoms with Gasteiger partial charge in [0.2, 0.25) is 0 Å². The molecule has 0 radical (unpaired) electrons. The van der Waals surface area contributed by atoms with Crippen LogP contribution >= 0.6 is 0 Å². The molecule has 8 heteroatoms. The van der Waals surface area contributed by atoms with Crippen LogP contribution in [-0.2, 0) is 14.8 Å². The molecule has 1 aliphatic rings. The number of hydrogen-bond donors (Lipinski definition) is 1. The minimum atomic E-state index is -3.71. The lowest BCUT2D eigenvalue weighted by Crippen LogP contribution is -2.16. The zero-order valence-corrected chi connectivity index (χ0v) is 14.5. The summed E-state index contributed by atoms with van der Waals surface area (Å²) in [7, 11) is -2.12. The van der Waals surface area contributed by atoms with E-state index < -0.39 is 10.0 Å². The van der Waals surface area contributed by atoms with Crippen LogP contribution in [0.3, 0.4) is 0 Å². The summed E-state index contributed by atoms with van der Waals surface area (Å²) < 4.78 is 48.7. The number of hydrogen-bond acceptors (Lipinski definition) is 6. The smallest absolute Gasteiger partial charge is 0.261 e. The Hall–Kier alpha value is -2.45. The average Bonchev–Trinajstić information content (AvgIpc) is 2.62. The van der Waals surface area contributed by atoms with E-state index in [0.717, 1.165) is 0 Å². The lowest BCUT2D eigenvalue weighted by molar-refractivity contribution is 0.146. The van der Waals surface area contributed by atoms with Crippen molar-refractivity contribution >= 4 is 15.7 Å². The summed E-state index contributed by atoms with van der Waals surface area (Å²) in [5.74, 6) is 1.70. The first kappa shape index (κ1) is 17.4. The van der Waals surface area contributed by atoms with E-state index in [-0.39, 0.29) is 4.90 Å². The van der Waals surface area contributed by atoms with Crippen molar-refractivity contribution < 1.29 is 27.4 Å². The molecule has 0 spiro atoms. The van der Waals surface area contributed by atoms with Crippen LogP contribution in [0.25, 0.3) is 0 Å². The highest BCUT2D eigenvalue weighted by atomic mass is 32.2. The molecule has 0 amide bonds. The minimum absolute atomic E-state index is 0.140. The fraction of sp³-hybridized carbons (Fsp3) is 0.294. The van der Waals surface area contributed by atoms with Gasteiger partial charge in [-0.3, -0.25) is 4.72 Å². The Balaban J connectivity index is 1.71. The molecule has 3 rings (SSSR count). The monoisotopic (exact) mass is 365 g/mol. The third kappa shape index (κ3) is 4.34. The van der Waals surface area contributed by atoms with Crippen LogP contribution in [0, 0.1) is 0 Å². The van der Waals surface area contributed by atoms with E-state index in [2.05, 4.69) is 4.72 Å². The molecule has 1 heterocycles. The second kappa shape index (κ2) is 7.62. The quantitative estimate of drug-likeness (QED) is 0.758. The summed E-state index contributed by atoms with van der Waals surface area (Å²) in [5, 5.41) is 0. The second-order valence-electron chi connectivity index (χ2n) is 5.28. The number of ether oxygens (including phenoxy) is 4. The number of sulfonamides is 1. The molecule has 2 aromatic carbocycles. The van der Waals surface area contributed by atoms with Crippen LogP contribution in [0.15, 0.2) is 47.4 Å². The van der Waals surface area contributed by atoms with E-state index in [1.54, 1.807) is 37.4 Å². The van der Waals surface area contributed by atoms with Gasteiger partial charge >= 0.3 is 0 Å². The molecule has 1 N–H and O–H groups in total. The Labute approximate surface area is 146 Å². The van der Waals surface area contributed by atoms with E-state index in [1.807, 2.05) is 0 Å². The van der Waals surface area contributed by atoms with Gasteiger partial charge in [0.05, 0.1) is 17.2 Å². The highest BCUT2D eigenvalue weighted by molar-refractivity contribution is 7.92. The molecule has 25 heavy (non-hydrogen) atoms. The lowest BCUT2D eigenvalue weighted by Gasteiger charge is -2.19. The molecular weight excluding hydrogens is 346 g/mol. The number of benzene rings is 2. The standard InChI is InChI=1S/C17H19NO6S/c1-21-8-9-22-14-3-5-15(6-4-14)25(19,20)18-13-2-7-16-17(12-13)24-11-10-23-16/h2-7,12,18H,8-11H2,1H3. The number of fused-ring (bicyclic) bond motifs is 1. The van der Waals surface area contributed by atoms with Crippen molar-refractivity contribution in [3.63, 3.8) is 0 Å². The van der Waals surface area contributed by atoms with Gasteiger partial charge in [0, 0.05) is 13.2 Å². The SMILES string of the molecule is COCCOc1ccc(S(=O)(=O)Nc2ccc3c(c2)OCCO3)cc1. The van der Waals surface area contributed by atoms with Gasteiger partial charge < -0.3 is 18.9 Å². The summed E-state index contributed by atoms with van der Waals surface area (Å²) in [6.45, 7) is 1.79. The fourth-order valence-electron chi connectivity index (χ4n) is 2.28. The van der Waals surface area contributed by atoms with Crippen LogP contribution < -0.4 is 18.9 Å². The molecule has 0 unspecified atom stereocenters. The van der Waals surface area contributed by atoms with Gasteiger partial charge in [-0.15, -0.1) is 0 Å². The number of anilines is 1.